The Hall–Kier alpha value is -0.0800. The molecule has 1 aliphatic heterocycles. The molecule has 0 unspecified atom stereocenters. The van der Waals surface area contributed by atoms with Crippen molar-refractivity contribution < 1.29 is 0 Å². The predicted molar refractivity (Wildman–Crippen MR) is 76.0 cm³/mol. The van der Waals surface area contributed by atoms with Gasteiger partial charge < -0.3 is 0 Å². The van der Waals surface area contributed by atoms with Gasteiger partial charge in [0.2, 0.25) is 0 Å². The normalized spacial score (nSPS) is 16.1. The van der Waals surface area contributed by atoms with E-state index >= 15 is 0 Å². The average molecular weight is 240 g/mol. The molecule has 102 valence electrons. The van der Waals surface area contributed by atoms with Crippen LogP contribution in [0.3, 0.4) is 0 Å². The Kier molecular flexibility index (Phi) is 9.72. The Morgan fingerprint density at radius 1 is 0.765 bits per heavy atom. The molecule has 0 bridgehead atoms. The fourth-order valence-electron chi connectivity index (χ4n) is 2.32. The van der Waals surface area contributed by atoms with Crippen LogP contribution in [0.15, 0.2) is 0 Å². The van der Waals surface area contributed by atoms with E-state index in [0.717, 1.165) is 0 Å². The zero-order valence-corrected chi connectivity index (χ0v) is 11.8. The molecule has 0 aliphatic carbocycles. The van der Waals surface area contributed by atoms with Crippen molar-refractivity contribution in [3.05, 3.63) is 0 Å². The van der Waals surface area contributed by atoms with E-state index < -0.39 is 0 Å². The third-order valence-electron chi connectivity index (χ3n) is 3.72. The molecule has 1 fully saturated rings. The SMILES string of the molecule is CCCCCCCCCCCCNN1CCC1. The van der Waals surface area contributed by atoms with Crippen LogP contribution in [0.25, 0.3) is 0 Å². The van der Waals surface area contributed by atoms with Gasteiger partial charge in [-0.25, -0.2) is 5.01 Å². The molecule has 0 radical (unpaired) electrons. The first-order chi connectivity index (χ1) is 8.43. The predicted octanol–water partition coefficient (Wildman–Crippen LogP) is 4.12. The first-order valence-electron chi connectivity index (χ1n) is 7.92. The van der Waals surface area contributed by atoms with Crippen LogP contribution in [-0.2, 0) is 0 Å². The largest absolute Gasteiger partial charge is 0.255 e. The number of unbranched alkanes of at least 4 members (excludes halogenated alkanes) is 9. The Morgan fingerprint density at radius 2 is 1.29 bits per heavy atom. The van der Waals surface area contributed by atoms with Crippen molar-refractivity contribution in [2.75, 3.05) is 19.6 Å². The molecule has 0 amide bonds. The molecule has 2 heteroatoms. The molecule has 1 saturated heterocycles. The van der Waals surface area contributed by atoms with Crippen LogP contribution in [0.5, 0.6) is 0 Å². The molecule has 1 aliphatic rings. The van der Waals surface area contributed by atoms with E-state index in [-0.39, 0.29) is 0 Å². The lowest BCUT2D eigenvalue weighted by molar-refractivity contribution is 0.108. The summed E-state index contributed by atoms with van der Waals surface area (Å²) in [5.41, 5.74) is 3.48. The third kappa shape index (κ3) is 8.62. The van der Waals surface area contributed by atoms with Gasteiger partial charge >= 0.3 is 0 Å². The van der Waals surface area contributed by atoms with Gasteiger partial charge in [-0.05, 0) is 12.8 Å². The summed E-state index contributed by atoms with van der Waals surface area (Å²) in [5, 5.41) is 2.34. The molecule has 2 nitrogen and oxygen atoms in total. The molecule has 0 atom stereocenters. The highest BCUT2D eigenvalue weighted by Crippen LogP contribution is 2.10. The molecule has 1 rings (SSSR count). The summed E-state index contributed by atoms with van der Waals surface area (Å²) < 4.78 is 0. The Bertz CT molecular complexity index is 155. The molecule has 1 heterocycles. The first kappa shape index (κ1) is 15.0. The van der Waals surface area contributed by atoms with E-state index in [2.05, 4.69) is 17.4 Å². The lowest BCUT2D eigenvalue weighted by atomic mass is 10.1. The molecule has 1 N–H and O–H groups in total. The van der Waals surface area contributed by atoms with Crippen molar-refractivity contribution >= 4 is 0 Å². The summed E-state index contributed by atoms with van der Waals surface area (Å²) >= 11 is 0. The maximum absolute atomic E-state index is 3.48. The van der Waals surface area contributed by atoms with Crippen LogP contribution in [0, 0.1) is 0 Å². The fraction of sp³-hybridized carbons (Fsp3) is 1.00. The molecule has 0 aromatic heterocycles. The van der Waals surface area contributed by atoms with Crippen LogP contribution in [0.2, 0.25) is 0 Å². The summed E-state index contributed by atoms with van der Waals surface area (Å²) in [4.78, 5) is 0. The van der Waals surface area contributed by atoms with Crippen LogP contribution < -0.4 is 5.43 Å². The molecule has 0 aromatic rings. The summed E-state index contributed by atoms with van der Waals surface area (Å²) in [5.74, 6) is 0. The molecular formula is C15H32N2. The maximum atomic E-state index is 3.48. The minimum atomic E-state index is 1.19. The zero-order valence-electron chi connectivity index (χ0n) is 11.8. The third-order valence-corrected chi connectivity index (χ3v) is 3.72. The van der Waals surface area contributed by atoms with Gasteiger partial charge in [0.05, 0.1) is 0 Å². The number of rotatable bonds is 12. The fourth-order valence-corrected chi connectivity index (χ4v) is 2.32. The highest BCUT2D eigenvalue weighted by Gasteiger charge is 2.11. The van der Waals surface area contributed by atoms with Crippen LogP contribution in [-0.4, -0.2) is 24.6 Å². The average Bonchev–Trinajstić information content (AvgIpc) is 2.28. The number of nitrogens with zero attached hydrogens (tertiary/aromatic N) is 1. The second-order valence-corrected chi connectivity index (χ2v) is 5.43. The quantitative estimate of drug-likeness (QED) is 0.516. The minimum Gasteiger partial charge on any atom is -0.255 e. The van der Waals surface area contributed by atoms with Crippen LogP contribution in [0.4, 0.5) is 0 Å². The summed E-state index contributed by atoms with van der Waals surface area (Å²) in [6.45, 7) is 6.00. The summed E-state index contributed by atoms with van der Waals surface area (Å²) in [6, 6.07) is 0. The van der Waals surface area contributed by atoms with Crippen molar-refractivity contribution in [2.24, 2.45) is 0 Å². The minimum absolute atomic E-state index is 1.19. The van der Waals surface area contributed by atoms with E-state index in [1.54, 1.807) is 0 Å². The van der Waals surface area contributed by atoms with Crippen molar-refractivity contribution in [2.45, 2.75) is 77.6 Å². The Labute approximate surface area is 108 Å². The highest BCUT2D eigenvalue weighted by atomic mass is 15.5. The number of nitrogens with one attached hydrogen (secondary N) is 1. The lowest BCUT2D eigenvalue weighted by Gasteiger charge is -2.31. The summed E-state index contributed by atoms with van der Waals surface area (Å²) in [7, 11) is 0. The number of hydrogen-bond acceptors (Lipinski definition) is 2. The van der Waals surface area contributed by atoms with Crippen LogP contribution in [0.1, 0.15) is 77.6 Å². The molecule has 0 aromatic carbocycles. The van der Waals surface area contributed by atoms with Gasteiger partial charge in [-0.3, -0.25) is 5.43 Å². The van der Waals surface area contributed by atoms with E-state index in [1.807, 2.05) is 0 Å². The van der Waals surface area contributed by atoms with E-state index in [9.17, 15) is 0 Å². The van der Waals surface area contributed by atoms with Gasteiger partial charge in [0, 0.05) is 19.6 Å². The molecule has 17 heavy (non-hydrogen) atoms. The summed E-state index contributed by atoms with van der Waals surface area (Å²) in [6.07, 6.45) is 15.7. The number of hydrazine groups is 1. The van der Waals surface area contributed by atoms with E-state index in [4.69, 9.17) is 0 Å². The van der Waals surface area contributed by atoms with Crippen molar-refractivity contribution in [1.29, 1.82) is 0 Å². The smallest absolute Gasteiger partial charge is 0.0143 e. The second kappa shape index (κ2) is 11.0. The van der Waals surface area contributed by atoms with Gasteiger partial charge in [-0.15, -0.1) is 0 Å². The van der Waals surface area contributed by atoms with Gasteiger partial charge in [-0.1, -0.05) is 64.7 Å². The number of hydrogen-bond donors (Lipinski definition) is 1. The van der Waals surface area contributed by atoms with E-state index in [0.29, 0.717) is 0 Å². The monoisotopic (exact) mass is 240 g/mol. The second-order valence-electron chi connectivity index (χ2n) is 5.43. The molecular weight excluding hydrogens is 208 g/mol. The molecule has 0 saturated carbocycles. The standard InChI is InChI=1S/C15H32N2/c1-2-3-4-5-6-7-8-9-10-11-13-16-17-14-12-15-17/h16H,2-15H2,1H3. The van der Waals surface area contributed by atoms with E-state index in [1.165, 1.54) is 90.3 Å². The van der Waals surface area contributed by atoms with Gasteiger partial charge in [0.25, 0.3) is 0 Å². The first-order valence-corrected chi connectivity index (χ1v) is 7.92. The maximum Gasteiger partial charge on any atom is 0.0143 e. The van der Waals surface area contributed by atoms with Gasteiger partial charge in [0.1, 0.15) is 0 Å². The Balaban J connectivity index is 1.64. The van der Waals surface area contributed by atoms with Gasteiger partial charge in [0.15, 0.2) is 0 Å². The Morgan fingerprint density at radius 3 is 1.76 bits per heavy atom. The zero-order chi connectivity index (χ0) is 12.2. The van der Waals surface area contributed by atoms with Crippen LogP contribution >= 0.6 is 0 Å². The van der Waals surface area contributed by atoms with Gasteiger partial charge in [-0.2, -0.15) is 0 Å². The lowest BCUT2D eigenvalue weighted by Crippen LogP contribution is -2.47. The highest BCUT2D eigenvalue weighted by molar-refractivity contribution is 4.63. The van der Waals surface area contributed by atoms with Crippen molar-refractivity contribution in [1.82, 2.24) is 10.4 Å². The van der Waals surface area contributed by atoms with Crippen molar-refractivity contribution in [3.8, 4) is 0 Å². The van der Waals surface area contributed by atoms with Crippen molar-refractivity contribution in [3.63, 3.8) is 0 Å². The molecule has 0 spiro atoms. The topological polar surface area (TPSA) is 15.3 Å².